The fourth-order valence-corrected chi connectivity index (χ4v) is 3.66. The van der Waals surface area contributed by atoms with Gasteiger partial charge in [-0.15, -0.1) is 11.3 Å². The Balaban J connectivity index is 2.09. The number of rotatable bonds is 5. The summed E-state index contributed by atoms with van der Waals surface area (Å²) in [6.45, 7) is 8.94. The van der Waals surface area contributed by atoms with Crippen LogP contribution in [-0.2, 0) is 11.2 Å². The zero-order chi connectivity index (χ0) is 14.0. The summed E-state index contributed by atoms with van der Waals surface area (Å²) in [4.78, 5) is 8.22. The zero-order valence-electron chi connectivity index (χ0n) is 12.4. The van der Waals surface area contributed by atoms with E-state index in [1.165, 1.54) is 10.6 Å². The molecule has 1 aliphatic carbocycles. The molecule has 0 spiro atoms. The lowest BCUT2D eigenvalue weighted by molar-refractivity contribution is 0.154. The molecule has 0 amide bonds. The summed E-state index contributed by atoms with van der Waals surface area (Å²) in [6, 6.07) is 0.144. The van der Waals surface area contributed by atoms with Crippen molar-refractivity contribution in [1.29, 1.82) is 0 Å². The predicted octanol–water partition coefficient (Wildman–Crippen LogP) is 2.59. The second-order valence-corrected chi connectivity index (χ2v) is 7.09. The topological polar surface area (TPSA) is 51.4 Å². The van der Waals surface area contributed by atoms with E-state index in [0.29, 0.717) is 0 Å². The van der Waals surface area contributed by atoms with Gasteiger partial charge in [0.15, 0.2) is 5.13 Å². The maximum Gasteiger partial charge on any atom is 0.185 e. The van der Waals surface area contributed by atoms with E-state index in [0.717, 1.165) is 37.7 Å². The van der Waals surface area contributed by atoms with E-state index in [1.54, 1.807) is 11.3 Å². The van der Waals surface area contributed by atoms with Gasteiger partial charge in [0.2, 0.25) is 0 Å². The van der Waals surface area contributed by atoms with Gasteiger partial charge in [-0.2, -0.15) is 0 Å². The minimum Gasteiger partial charge on any atom is -0.380 e. The van der Waals surface area contributed by atoms with Crippen molar-refractivity contribution >= 4 is 16.5 Å². The van der Waals surface area contributed by atoms with Gasteiger partial charge >= 0.3 is 0 Å². The van der Waals surface area contributed by atoms with Gasteiger partial charge < -0.3 is 15.4 Å². The third-order valence-corrected chi connectivity index (χ3v) is 4.92. The summed E-state index contributed by atoms with van der Waals surface area (Å²) in [6.07, 6.45) is 2.08. The Bertz CT molecular complexity index is 430. The van der Waals surface area contributed by atoms with Gasteiger partial charge in [0.1, 0.15) is 0 Å². The fourth-order valence-electron chi connectivity index (χ4n) is 2.59. The second-order valence-electron chi connectivity index (χ2n) is 6.08. The highest BCUT2D eigenvalue weighted by Crippen LogP contribution is 2.43. The molecule has 1 atom stereocenters. The van der Waals surface area contributed by atoms with Crippen molar-refractivity contribution in [2.75, 3.05) is 31.7 Å². The maximum atomic E-state index is 6.28. The molecule has 0 saturated carbocycles. The van der Waals surface area contributed by atoms with Crippen LogP contribution in [0.2, 0.25) is 0 Å². The number of hydrogen-bond acceptors (Lipinski definition) is 5. The van der Waals surface area contributed by atoms with E-state index in [4.69, 9.17) is 15.5 Å². The number of fused-ring (bicyclic) bond motifs is 1. The number of ether oxygens (including phenoxy) is 1. The highest BCUT2D eigenvalue weighted by Gasteiger charge is 2.33. The molecular weight excluding hydrogens is 258 g/mol. The van der Waals surface area contributed by atoms with Crippen LogP contribution in [0.1, 0.15) is 43.8 Å². The Kier molecular flexibility index (Phi) is 4.48. The molecule has 0 bridgehead atoms. The Morgan fingerprint density at radius 3 is 2.95 bits per heavy atom. The summed E-state index contributed by atoms with van der Waals surface area (Å²) in [5.41, 5.74) is 7.75. The predicted molar refractivity (Wildman–Crippen MR) is 80.9 cm³/mol. The molecule has 0 aliphatic heterocycles. The molecule has 4 nitrogen and oxygen atoms in total. The monoisotopic (exact) mass is 283 g/mol. The van der Waals surface area contributed by atoms with Crippen LogP contribution in [-0.4, -0.2) is 31.8 Å². The van der Waals surface area contributed by atoms with Crippen LogP contribution < -0.4 is 10.6 Å². The molecule has 5 heteroatoms. The van der Waals surface area contributed by atoms with E-state index in [-0.39, 0.29) is 11.5 Å². The summed E-state index contributed by atoms with van der Waals surface area (Å²) < 4.78 is 5.39. The van der Waals surface area contributed by atoms with Crippen molar-refractivity contribution < 1.29 is 4.74 Å². The van der Waals surface area contributed by atoms with Crippen molar-refractivity contribution in [3.8, 4) is 0 Å². The van der Waals surface area contributed by atoms with Crippen LogP contribution in [0.15, 0.2) is 0 Å². The van der Waals surface area contributed by atoms with Gasteiger partial charge in [-0.1, -0.05) is 13.8 Å². The van der Waals surface area contributed by atoms with Crippen LogP contribution in [0.4, 0.5) is 5.13 Å². The van der Waals surface area contributed by atoms with Crippen LogP contribution in [0.5, 0.6) is 0 Å². The smallest absolute Gasteiger partial charge is 0.185 e. The molecule has 108 valence electrons. The third kappa shape index (κ3) is 3.46. The minimum absolute atomic E-state index is 0.144. The van der Waals surface area contributed by atoms with E-state index < -0.39 is 0 Å². The van der Waals surface area contributed by atoms with Crippen molar-refractivity contribution in [2.45, 2.75) is 39.7 Å². The number of anilines is 1. The zero-order valence-corrected chi connectivity index (χ0v) is 13.2. The first-order valence-corrected chi connectivity index (χ1v) is 7.78. The van der Waals surface area contributed by atoms with E-state index in [2.05, 4.69) is 25.8 Å². The largest absolute Gasteiger partial charge is 0.380 e. The normalized spacial score (nSPS) is 21.2. The summed E-state index contributed by atoms with van der Waals surface area (Å²) in [7, 11) is 2.07. The molecule has 1 heterocycles. The van der Waals surface area contributed by atoms with Gasteiger partial charge in [0, 0.05) is 31.1 Å². The Morgan fingerprint density at radius 2 is 2.26 bits per heavy atom. The van der Waals surface area contributed by atoms with Crippen LogP contribution >= 0.6 is 11.3 Å². The van der Waals surface area contributed by atoms with Gasteiger partial charge in [-0.05, 0) is 25.2 Å². The van der Waals surface area contributed by atoms with E-state index >= 15 is 0 Å². The van der Waals surface area contributed by atoms with Gasteiger partial charge in [-0.25, -0.2) is 4.98 Å². The summed E-state index contributed by atoms with van der Waals surface area (Å²) >= 11 is 1.74. The highest BCUT2D eigenvalue weighted by molar-refractivity contribution is 7.15. The van der Waals surface area contributed by atoms with Crippen LogP contribution in [0.3, 0.4) is 0 Å². The quantitative estimate of drug-likeness (QED) is 0.844. The lowest BCUT2D eigenvalue weighted by atomic mass is 9.77. The molecular formula is C14H25N3OS. The molecule has 0 aromatic carbocycles. The van der Waals surface area contributed by atoms with E-state index in [9.17, 15) is 0 Å². The number of hydrogen-bond donors (Lipinski definition) is 1. The molecule has 1 unspecified atom stereocenters. The molecule has 1 aromatic heterocycles. The second kappa shape index (κ2) is 5.77. The SMILES string of the molecule is CCOCCN(C)c1nc2c(s1)C(N)CC(C)(C)C2. The first kappa shape index (κ1) is 14.8. The number of thiazole rings is 1. The molecule has 2 rings (SSSR count). The number of nitrogens with zero attached hydrogens (tertiary/aromatic N) is 2. The molecule has 19 heavy (non-hydrogen) atoms. The molecule has 2 N–H and O–H groups in total. The van der Waals surface area contributed by atoms with Crippen molar-refractivity contribution in [3.05, 3.63) is 10.6 Å². The highest BCUT2D eigenvalue weighted by atomic mass is 32.1. The average Bonchev–Trinajstić information content (AvgIpc) is 2.71. The molecule has 0 saturated heterocycles. The molecule has 1 aromatic rings. The Labute approximate surface area is 120 Å². The lowest BCUT2D eigenvalue weighted by Gasteiger charge is -2.32. The maximum absolute atomic E-state index is 6.28. The van der Waals surface area contributed by atoms with Gasteiger partial charge in [0.05, 0.1) is 12.3 Å². The Hall–Kier alpha value is -0.650. The molecule has 1 aliphatic rings. The number of aromatic nitrogens is 1. The average molecular weight is 283 g/mol. The van der Waals surface area contributed by atoms with Crippen molar-refractivity contribution in [2.24, 2.45) is 11.1 Å². The number of nitrogens with two attached hydrogens (primary N) is 1. The minimum atomic E-state index is 0.144. The van der Waals surface area contributed by atoms with E-state index in [1.807, 2.05) is 6.92 Å². The summed E-state index contributed by atoms with van der Waals surface area (Å²) in [5.74, 6) is 0. The standard InChI is InChI=1S/C14H25N3OS/c1-5-18-7-6-17(4)13-16-11-9-14(2,3)8-10(15)12(11)19-13/h10H,5-9,15H2,1-4H3. The lowest BCUT2D eigenvalue weighted by Crippen LogP contribution is -2.28. The summed E-state index contributed by atoms with van der Waals surface area (Å²) in [5, 5.41) is 1.07. The van der Waals surface area contributed by atoms with Gasteiger partial charge in [0.25, 0.3) is 0 Å². The fraction of sp³-hybridized carbons (Fsp3) is 0.786. The Morgan fingerprint density at radius 1 is 1.53 bits per heavy atom. The molecule has 0 radical (unpaired) electrons. The van der Waals surface area contributed by atoms with Crippen LogP contribution in [0.25, 0.3) is 0 Å². The third-order valence-electron chi connectivity index (χ3n) is 3.57. The van der Waals surface area contributed by atoms with Crippen molar-refractivity contribution in [3.63, 3.8) is 0 Å². The van der Waals surface area contributed by atoms with Crippen molar-refractivity contribution in [1.82, 2.24) is 4.98 Å². The molecule has 0 fully saturated rings. The van der Waals surface area contributed by atoms with Gasteiger partial charge in [-0.3, -0.25) is 0 Å². The first-order valence-electron chi connectivity index (χ1n) is 6.97. The van der Waals surface area contributed by atoms with Crippen LogP contribution in [0, 0.1) is 5.41 Å². The number of likely N-dealkylation sites (N-methyl/N-ethyl adjacent to an activating group) is 1. The first-order chi connectivity index (χ1) is 8.93.